The zero-order valence-electron chi connectivity index (χ0n) is 19.5. The number of rotatable bonds is 9. The number of aliphatic hydroxyl groups is 1. The molecule has 3 aromatic rings. The fraction of sp³-hybridized carbons (Fsp3) is 0.346. The molecule has 2 heterocycles. The molecule has 4 rings (SSSR count). The van der Waals surface area contributed by atoms with E-state index in [0.717, 1.165) is 24.3 Å². The van der Waals surface area contributed by atoms with Crippen molar-refractivity contribution >= 4 is 17.3 Å². The van der Waals surface area contributed by atoms with E-state index >= 15 is 0 Å². The summed E-state index contributed by atoms with van der Waals surface area (Å²) in [6.07, 6.45) is 0.157. The molecule has 0 fully saturated rings. The van der Waals surface area contributed by atoms with E-state index in [1.54, 1.807) is 49.8 Å². The van der Waals surface area contributed by atoms with Crippen LogP contribution in [-0.4, -0.2) is 63.1 Å². The number of aliphatic hydroxyl groups excluding tert-OH is 1. The van der Waals surface area contributed by atoms with Gasteiger partial charge in [-0.05, 0) is 65.4 Å². The normalized spacial score (nSPS) is 16.4. The molecule has 0 spiro atoms. The fourth-order valence-corrected chi connectivity index (χ4v) is 5.17. The van der Waals surface area contributed by atoms with Crippen LogP contribution in [0.25, 0.3) is 0 Å². The topological polar surface area (TPSA) is 77.5 Å². The Morgan fingerprint density at radius 2 is 1.85 bits per heavy atom. The second kappa shape index (κ2) is 10.9. The van der Waals surface area contributed by atoms with Crippen molar-refractivity contribution < 1.29 is 28.8 Å². The van der Waals surface area contributed by atoms with Gasteiger partial charge in [-0.15, -0.1) is 11.3 Å². The van der Waals surface area contributed by atoms with Gasteiger partial charge in [0.05, 0.1) is 32.9 Å². The molecule has 0 aliphatic carbocycles. The lowest BCUT2D eigenvalue weighted by Gasteiger charge is -2.38. The van der Waals surface area contributed by atoms with Crippen molar-refractivity contribution in [2.45, 2.75) is 18.6 Å². The standard InChI is InChI=1S/C26H29NO6S/c1-30-22-13-18-10-11-27(25(24-5-4-12-34-24)21(18)14-23(22)31-2)15-19(28)16-33-20-8-6-17(7-9-20)26(29)32-3/h4-9,12-14,19,25,28H,10-11,15-16H2,1-3H3/t19-,25+/m1/s1. The first kappa shape index (κ1) is 24.1. The summed E-state index contributed by atoms with van der Waals surface area (Å²) in [5.74, 6) is 1.61. The van der Waals surface area contributed by atoms with E-state index in [4.69, 9.17) is 18.9 Å². The third kappa shape index (κ3) is 5.19. The quantitative estimate of drug-likeness (QED) is 0.462. The lowest BCUT2D eigenvalue weighted by atomic mass is 9.90. The Labute approximate surface area is 203 Å². The number of esters is 1. The zero-order valence-corrected chi connectivity index (χ0v) is 20.3. The highest BCUT2D eigenvalue weighted by Gasteiger charge is 2.32. The molecule has 1 aliphatic heterocycles. The largest absolute Gasteiger partial charge is 0.493 e. The highest BCUT2D eigenvalue weighted by atomic mass is 32.1. The minimum Gasteiger partial charge on any atom is -0.493 e. The summed E-state index contributed by atoms with van der Waals surface area (Å²) in [6.45, 7) is 1.40. The van der Waals surface area contributed by atoms with Gasteiger partial charge in [-0.25, -0.2) is 4.79 Å². The van der Waals surface area contributed by atoms with E-state index < -0.39 is 12.1 Å². The number of thiophene rings is 1. The molecule has 0 bridgehead atoms. The molecule has 180 valence electrons. The average molecular weight is 484 g/mol. The van der Waals surface area contributed by atoms with Crippen LogP contribution in [0.2, 0.25) is 0 Å². The maximum absolute atomic E-state index is 11.6. The Morgan fingerprint density at radius 1 is 1.12 bits per heavy atom. The van der Waals surface area contributed by atoms with Gasteiger partial charge >= 0.3 is 5.97 Å². The van der Waals surface area contributed by atoms with Gasteiger partial charge in [-0.2, -0.15) is 0 Å². The molecule has 2 aromatic carbocycles. The Bertz CT molecular complexity index is 1100. The van der Waals surface area contributed by atoms with Gasteiger partial charge in [-0.1, -0.05) is 6.07 Å². The first-order valence-corrected chi connectivity index (χ1v) is 11.9. The summed E-state index contributed by atoms with van der Waals surface area (Å²) in [5.41, 5.74) is 2.84. The van der Waals surface area contributed by atoms with Crippen LogP contribution in [0, 0.1) is 0 Å². The Hall–Kier alpha value is -3.07. The molecule has 1 N–H and O–H groups in total. The number of nitrogens with zero attached hydrogens (tertiary/aromatic N) is 1. The molecule has 1 aromatic heterocycles. The lowest BCUT2D eigenvalue weighted by molar-refractivity contribution is 0.0556. The molecule has 34 heavy (non-hydrogen) atoms. The van der Waals surface area contributed by atoms with Gasteiger partial charge in [0.15, 0.2) is 11.5 Å². The van der Waals surface area contributed by atoms with Crippen molar-refractivity contribution in [3.05, 3.63) is 75.5 Å². The Kier molecular flexibility index (Phi) is 7.72. The van der Waals surface area contributed by atoms with Gasteiger partial charge in [0.2, 0.25) is 0 Å². The first-order valence-electron chi connectivity index (χ1n) is 11.1. The number of carbonyl (C=O) groups excluding carboxylic acids is 1. The van der Waals surface area contributed by atoms with E-state index in [0.29, 0.717) is 23.6 Å². The van der Waals surface area contributed by atoms with Crippen LogP contribution < -0.4 is 14.2 Å². The van der Waals surface area contributed by atoms with Crippen LogP contribution in [0.1, 0.15) is 32.4 Å². The summed E-state index contributed by atoms with van der Waals surface area (Å²) in [5, 5.41) is 12.9. The summed E-state index contributed by atoms with van der Waals surface area (Å²) >= 11 is 1.70. The second-order valence-electron chi connectivity index (χ2n) is 8.05. The number of benzene rings is 2. The molecular weight excluding hydrogens is 454 g/mol. The molecule has 2 atom stereocenters. The predicted octanol–water partition coefficient (Wildman–Crippen LogP) is 3.94. The molecule has 8 heteroatoms. The number of β-amino-alcohol motifs (C(OH)–C–C–N with tert-alkyl or cyclic N) is 1. The highest BCUT2D eigenvalue weighted by Crippen LogP contribution is 2.42. The van der Waals surface area contributed by atoms with Gasteiger partial charge in [0.1, 0.15) is 18.5 Å². The Balaban J connectivity index is 1.48. The Morgan fingerprint density at radius 3 is 2.50 bits per heavy atom. The van der Waals surface area contributed by atoms with Gasteiger partial charge in [0, 0.05) is 18.0 Å². The number of carbonyl (C=O) groups is 1. The molecule has 0 saturated heterocycles. The van der Waals surface area contributed by atoms with Crippen LogP contribution in [0.3, 0.4) is 0 Å². The van der Waals surface area contributed by atoms with Crippen molar-refractivity contribution in [1.29, 1.82) is 0 Å². The van der Waals surface area contributed by atoms with Gasteiger partial charge < -0.3 is 24.1 Å². The van der Waals surface area contributed by atoms with E-state index in [9.17, 15) is 9.90 Å². The van der Waals surface area contributed by atoms with Gasteiger partial charge in [-0.3, -0.25) is 4.90 Å². The summed E-state index contributed by atoms with van der Waals surface area (Å²) in [4.78, 5) is 15.1. The predicted molar refractivity (Wildman–Crippen MR) is 130 cm³/mol. The van der Waals surface area contributed by atoms with Crippen LogP contribution >= 0.6 is 11.3 Å². The van der Waals surface area contributed by atoms with Crippen molar-refractivity contribution in [1.82, 2.24) is 4.90 Å². The number of methoxy groups -OCH3 is 3. The molecular formula is C26H29NO6S. The molecule has 1 aliphatic rings. The minimum absolute atomic E-state index is 0.0116. The number of fused-ring (bicyclic) bond motifs is 1. The number of hydrogen-bond acceptors (Lipinski definition) is 8. The maximum Gasteiger partial charge on any atom is 0.337 e. The van der Waals surface area contributed by atoms with E-state index in [1.807, 2.05) is 6.07 Å². The van der Waals surface area contributed by atoms with E-state index in [2.05, 4.69) is 28.5 Å². The van der Waals surface area contributed by atoms with Crippen molar-refractivity contribution in [2.24, 2.45) is 0 Å². The fourth-order valence-electron chi connectivity index (χ4n) is 4.30. The lowest BCUT2D eigenvalue weighted by Crippen LogP contribution is -2.42. The highest BCUT2D eigenvalue weighted by molar-refractivity contribution is 7.10. The third-order valence-corrected chi connectivity index (χ3v) is 6.87. The van der Waals surface area contributed by atoms with E-state index in [-0.39, 0.29) is 12.6 Å². The molecule has 0 radical (unpaired) electrons. The molecule has 7 nitrogen and oxygen atoms in total. The van der Waals surface area contributed by atoms with E-state index in [1.165, 1.54) is 17.6 Å². The smallest absolute Gasteiger partial charge is 0.337 e. The maximum atomic E-state index is 11.6. The zero-order chi connectivity index (χ0) is 24.1. The van der Waals surface area contributed by atoms with Crippen molar-refractivity contribution in [2.75, 3.05) is 41.0 Å². The van der Waals surface area contributed by atoms with Crippen molar-refractivity contribution in [3.63, 3.8) is 0 Å². The summed E-state index contributed by atoms with van der Waals surface area (Å²) in [6, 6.07) is 15.0. The first-order chi connectivity index (χ1) is 16.5. The van der Waals surface area contributed by atoms with Crippen LogP contribution in [-0.2, 0) is 11.2 Å². The van der Waals surface area contributed by atoms with Crippen LogP contribution in [0.4, 0.5) is 0 Å². The minimum atomic E-state index is -0.690. The van der Waals surface area contributed by atoms with Crippen LogP contribution in [0.15, 0.2) is 53.9 Å². The number of hydrogen-bond donors (Lipinski definition) is 1. The molecule has 0 amide bonds. The van der Waals surface area contributed by atoms with Crippen molar-refractivity contribution in [3.8, 4) is 17.2 Å². The molecule has 0 saturated carbocycles. The molecule has 0 unspecified atom stereocenters. The van der Waals surface area contributed by atoms with Crippen LogP contribution in [0.5, 0.6) is 17.2 Å². The second-order valence-corrected chi connectivity index (χ2v) is 9.03. The van der Waals surface area contributed by atoms with Gasteiger partial charge in [0.25, 0.3) is 0 Å². The summed E-state index contributed by atoms with van der Waals surface area (Å²) < 4.78 is 21.6. The number of ether oxygens (including phenoxy) is 4. The summed E-state index contributed by atoms with van der Waals surface area (Å²) in [7, 11) is 4.64. The SMILES string of the molecule is COC(=O)c1ccc(OC[C@H](O)CN2CCc3cc(OC)c(OC)cc3[C@H]2c2cccs2)cc1. The third-order valence-electron chi connectivity index (χ3n) is 5.95. The average Bonchev–Trinajstić information content (AvgIpc) is 3.40. The monoisotopic (exact) mass is 483 g/mol.